The molecule has 25 heavy (non-hydrogen) atoms. The Balaban J connectivity index is 1.97. The molecule has 3 rings (SSSR count). The van der Waals surface area contributed by atoms with E-state index in [2.05, 4.69) is 17.6 Å². The Morgan fingerprint density at radius 1 is 1.40 bits per heavy atom. The summed E-state index contributed by atoms with van der Waals surface area (Å²) in [5, 5.41) is 10.5. The molecule has 1 aromatic heterocycles. The standard InChI is InChI=1S/C20H21NO4/c1-12(2)9-16-19(22)18(20(23)24-3)17(11-21-16)25-15-6-4-5-14(10-15)13-7-8-13/h4-6,10-11,13,22H,1,7-9H2,2-3H3. The van der Waals surface area contributed by atoms with Gasteiger partial charge in [-0.05, 0) is 43.4 Å². The van der Waals surface area contributed by atoms with Crippen LogP contribution in [-0.2, 0) is 11.2 Å². The summed E-state index contributed by atoms with van der Waals surface area (Å²) < 4.78 is 10.6. The average molecular weight is 339 g/mol. The molecule has 0 atom stereocenters. The van der Waals surface area contributed by atoms with Crippen molar-refractivity contribution in [1.82, 2.24) is 4.98 Å². The molecule has 1 heterocycles. The van der Waals surface area contributed by atoms with Crippen molar-refractivity contribution in [2.45, 2.75) is 32.1 Å². The fourth-order valence-electron chi connectivity index (χ4n) is 2.69. The number of benzene rings is 1. The third-order valence-electron chi connectivity index (χ3n) is 4.09. The van der Waals surface area contributed by atoms with Gasteiger partial charge in [-0.1, -0.05) is 24.3 Å². The topological polar surface area (TPSA) is 68.7 Å². The van der Waals surface area contributed by atoms with Gasteiger partial charge in [0.05, 0.1) is 19.0 Å². The molecular weight excluding hydrogens is 318 g/mol. The first kappa shape index (κ1) is 17.0. The second kappa shape index (κ2) is 6.97. The molecule has 2 aromatic rings. The number of esters is 1. The van der Waals surface area contributed by atoms with Crippen LogP contribution in [0.25, 0.3) is 0 Å². The van der Waals surface area contributed by atoms with E-state index < -0.39 is 5.97 Å². The van der Waals surface area contributed by atoms with Crippen molar-refractivity contribution in [3.05, 3.63) is 59.4 Å². The van der Waals surface area contributed by atoms with Gasteiger partial charge in [0, 0.05) is 6.42 Å². The monoisotopic (exact) mass is 339 g/mol. The third-order valence-corrected chi connectivity index (χ3v) is 4.09. The van der Waals surface area contributed by atoms with Gasteiger partial charge in [-0.2, -0.15) is 0 Å². The van der Waals surface area contributed by atoms with Gasteiger partial charge in [-0.25, -0.2) is 4.79 Å². The molecule has 0 spiro atoms. The van der Waals surface area contributed by atoms with Gasteiger partial charge >= 0.3 is 5.97 Å². The number of ether oxygens (including phenoxy) is 2. The second-order valence-electron chi connectivity index (χ2n) is 6.37. The number of aromatic hydroxyl groups is 1. The molecule has 0 radical (unpaired) electrons. The molecule has 1 aliphatic carbocycles. The number of aromatic nitrogens is 1. The third kappa shape index (κ3) is 3.82. The Kier molecular flexibility index (Phi) is 4.74. The van der Waals surface area contributed by atoms with Gasteiger partial charge in [-0.3, -0.25) is 4.98 Å². The quantitative estimate of drug-likeness (QED) is 0.625. The van der Waals surface area contributed by atoms with E-state index in [0.717, 1.165) is 5.57 Å². The van der Waals surface area contributed by atoms with Crippen LogP contribution in [0.1, 0.15) is 47.3 Å². The molecule has 0 aliphatic heterocycles. The number of methoxy groups -OCH3 is 1. The smallest absolute Gasteiger partial charge is 0.345 e. The van der Waals surface area contributed by atoms with Crippen molar-refractivity contribution in [3.8, 4) is 17.2 Å². The molecule has 0 amide bonds. The summed E-state index contributed by atoms with van der Waals surface area (Å²) in [4.78, 5) is 16.4. The predicted octanol–water partition coefficient (Wildman–Crippen LogP) is 4.36. The molecule has 5 heteroatoms. The molecule has 5 nitrogen and oxygen atoms in total. The average Bonchev–Trinajstić information content (AvgIpc) is 3.42. The highest BCUT2D eigenvalue weighted by atomic mass is 16.5. The van der Waals surface area contributed by atoms with Gasteiger partial charge in [0.1, 0.15) is 11.3 Å². The van der Waals surface area contributed by atoms with Crippen LogP contribution in [0, 0.1) is 0 Å². The summed E-state index contributed by atoms with van der Waals surface area (Å²) in [5.41, 5.74) is 2.38. The van der Waals surface area contributed by atoms with Gasteiger partial charge in [-0.15, -0.1) is 0 Å². The van der Waals surface area contributed by atoms with Crippen molar-refractivity contribution in [2.24, 2.45) is 0 Å². The number of carbonyl (C=O) groups is 1. The van der Waals surface area contributed by atoms with E-state index in [1.807, 2.05) is 25.1 Å². The fourth-order valence-corrected chi connectivity index (χ4v) is 2.69. The van der Waals surface area contributed by atoms with Crippen molar-refractivity contribution in [1.29, 1.82) is 0 Å². The van der Waals surface area contributed by atoms with Gasteiger partial charge in [0.15, 0.2) is 11.5 Å². The molecule has 0 saturated heterocycles. The number of pyridine rings is 1. The summed E-state index contributed by atoms with van der Waals surface area (Å²) in [6, 6.07) is 7.75. The van der Waals surface area contributed by atoms with Crippen LogP contribution in [0.3, 0.4) is 0 Å². The van der Waals surface area contributed by atoms with E-state index in [1.54, 1.807) is 0 Å². The van der Waals surface area contributed by atoms with Crippen LogP contribution in [0.2, 0.25) is 0 Å². The predicted molar refractivity (Wildman–Crippen MR) is 94.3 cm³/mol. The molecule has 1 saturated carbocycles. The summed E-state index contributed by atoms with van der Waals surface area (Å²) in [6.07, 6.45) is 4.19. The summed E-state index contributed by atoms with van der Waals surface area (Å²) in [5.74, 6) is 0.459. The van der Waals surface area contributed by atoms with Gasteiger partial charge in [0.25, 0.3) is 0 Å². The molecule has 0 unspecified atom stereocenters. The Morgan fingerprint density at radius 3 is 2.80 bits per heavy atom. The van der Waals surface area contributed by atoms with Crippen LogP contribution in [0.15, 0.2) is 42.6 Å². The lowest BCUT2D eigenvalue weighted by atomic mass is 10.1. The maximum absolute atomic E-state index is 12.2. The number of rotatable bonds is 6. The van der Waals surface area contributed by atoms with Gasteiger partial charge < -0.3 is 14.6 Å². The summed E-state index contributed by atoms with van der Waals surface area (Å²) in [7, 11) is 1.26. The van der Waals surface area contributed by atoms with Crippen molar-refractivity contribution in [3.63, 3.8) is 0 Å². The number of hydrogen-bond acceptors (Lipinski definition) is 5. The summed E-state index contributed by atoms with van der Waals surface area (Å²) in [6.45, 7) is 5.64. The number of nitrogens with zero attached hydrogens (tertiary/aromatic N) is 1. The number of hydrogen-bond donors (Lipinski definition) is 1. The zero-order valence-electron chi connectivity index (χ0n) is 14.4. The lowest BCUT2D eigenvalue weighted by molar-refractivity contribution is 0.0594. The van der Waals surface area contributed by atoms with Crippen LogP contribution < -0.4 is 4.74 Å². The lowest BCUT2D eigenvalue weighted by Gasteiger charge is -2.14. The van der Waals surface area contributed by atoms with E-state index in [0.29, 0.717) is 23.8 Å². The molecule has 1 aliphatic rings. The van der Waals surface area contributed by atoms with E-state index >= 15 is 0 Å². The zero-order valence-corrected chi connectivity index (χ0v) is 14.4. The minimum atomic E-state index is -0.670. The lowest BCUT2D eigenvalue weighted by Crippen LogP contribution is -2.07. The maximum atomic E-state index is 12.2. The largest absolute Gasteiger partial charge is 0.505 e. The van der Waals surface area contributed by atoms with Crippen LogP contribution in [0.5, 0.6) is 17.2 Å². The highest BCUT2D eigenvalue weighted by Gasteiger charge is 2.25. The molecular formula is C20H21NO4. The van der Waals surface area contributed by atoms with E-state index in [4.69, 9.17) is 9.47 Å². The van der Waals surface area contributed by atoms with E-state index in [-0.39, 0.29) is 17.1 Å². The van der Waals surface area contributed by atoms with Crippen LogP contribution in [0.4, 0.5) is 0 Å². The minimum Gasteiger partial charge on any atom is -0.505 e. The normalized spacial score (nSPS) is 13.4. The fraction of sp³-hybridized carbons (Fsp3) is 0.300. The Bertz CT molecular complexity index is 824. The first-order valence-electron chi connectivity index (χ1n) is 8.21. The minimum absolute atomic E-state index is 0.0226. The second-order valence-corrected chi connectivity index (χ2v) is 6.37. The maximum Gasteiger partial charge on any atom is 0.345 e. The molecule has 1 aromatic carbocycles. The highest BCUT2D eigenvalue weighted by molar-refractivity contribution is 5.95. The molecule has 130 valence electrons. The molecule has 0 bridgehead atoms. The van der Waals surface area contributed by atoms with Crippen molar-refractivity contribution < 1.29 is 19.4 Å². The van der Waals surface area contributed by atoms with Crippen LogP contribution >= 0.6 is 0 Å². The molecule has 1 N–H and O–H groups in total. The summed E-state index contributed by atoms with van der Waals surface area (Å²) >= 11 is 0. The van der Waals surface area contributed by atoms with Gasteiger partial charge in [0.2, 0.25) is 0 Å². The van der Waals surface area contributed by atoms with Crippen LogP contribution in [-0.4, -0.2) is 23.2 Å². The van der Waals surface area contributed by atoms with Crippen molar-refractivity contribution >= 4 is 5.97 Å². The SMILES string of the molecule is C=C(C)Cc1ncc(Oc2cccc(C3CC3)c2)c(C(=O)OC)c1O. The Hall–Kier alpha value is -2.82. The number of carbonyl (C=O) groups excluding carboxylic acids is 1. The number of allylic oxidation sites excluding steroid dienone is 1. The first-order valence-corrected chi connectivity index (χ1v) is 8.21. The highest BCUT2D eigenvalue weighted by Crippen LogP contribution is 2.42. The first-order chi connectivity index (χ1) is 12.0. The Labute approximate surface area is 146 Å². The Morgan fingerprint density at radius 2 is 2.16 bits per heavy atom. The molecule has 1 fully saturated rings. The van der Waals surface area contributed by atoms with Crippen molar-refractivity contribution in [2.75, 3.05) is 7.11 Å². The van der Waals surface area contributed by atoms with E-state index in [9.17, 15) is 9.90 Å². The van der Waals surface area contributed by atoms with E-state index in [1.165, 1.54) is 31.7 Å². The zero-order chi connectivity index (χ0) is 18.0.